The summed E-state index contributed by atoms with van der Waals surface area (Å²) in [6.45, 7) is 4.05. The van der Waals surface area contributed by atoms with E-state index in [-0.39, 0.29) is 0 Å². The maximum absolute atomic E-state index is 3.37. The molecule has 0 unspecified atom stereocenters. The molecule has 0 heterocycles. The first kappa shape index (κ1) is 8.02. The molecule has 0 aromatic carbocycles. The van der Waals surface area contributed by atoms with E-state index in [0.29, 0.717) is 0 Å². The van der Waals surface area contributed by atoms with Crippen LogP contribution in [0.1, 0.15) is 13.8 Å². The maximum atomic E-state index is 3.37. The van der Waals surface area contributed by atoms with Crippen LogP contribution in [0.15, 0.2) is 22.1 Å². The maximum Gasteiger partial charge on any atom is 0.140 e. The Kier molecular flexibility index (Phi) is 3.97. The largest absolute Gasteiger partial charge is 0.140 e. The number of hydrogen-bond donors (Lipinski definition) is 0. The summed E-state index contributed by atoms with van der Waals surface area (Å²) in [5.74, 6) is 0. The Morgan fingerprint density at radius 2 is 2.12 bits per heavy atom. The Morgan fingerprint density at radius 1 is 1.62 bits per heavy atom. The van der Waals surface area contributed by atoms with Crippen molar-refractivity contribution in [2.24, 2.45) is 0 Å². The van der Waals surface area contributed by atoms with Gasteiger partial charge in [-0.1, -0.05) is 33.6 Å². The molecule has 2 heteroatoms. The fourth-order valence-corrected chi connectivity index (χ4v) is 0.497. The second-order valence-corrected chi connectivity index (χ2v) is 2.91. The lowest BCUT2D eigenvalue weighted by atomic mass is 9.95. The van der Waals surface area contributed by atoms with Gasteiger partial charge in [0.1, 0.15) is 7.85 Å². The van der Waals surface area contributed by atoms with Crippen molar-refractivity contribution >= 4 is 23.8 Å². The Labute approximate surface area is 60.2 Å². The van der Waals surface area contributed by atoms with Gasteiger partial charge >= 0.3 is 0 Å². The van der Waals surface area contributed by atoms with Gasteiger partial charge in [-0.3, -0.25) is 0 Å². The monoisotopic (exact) mass is 172 g/mol. The summed E-state index contributed by atoms with van der Waals surface area (Å²) in [7, 11) is 2.07. The van der Waals surface area contributed by atoms with Gasteiger partial charge in [0.05, 0.1) is 0 Å². The zero-order valence-electron chi connectivity index (χ0n) is 5.53. The van der Waals surface area contributed by atoms with E-state index >= 15 is 0 Å². The Morgan fingerprint density at radius 3 is 2.25 bits per heavy atom. The van der Waals surface area contributed by atoms with Crippen molar-refractivity contribution in [1.82, 2.24) is 0 Å². The molecule has 0 amide bonds. The third-order valence-electron chi connectivity index (χ3n) is 0.960. The second kappa shape index (κ2) is 3.96. The van der Waals surface area contributed by atoms with E-state index in [4.69, 9.17) is 0 Å². The molecular formula is C6H10BBr. The molecule has 0 aromatic rings. The molecule has 0 nitrogen and oxygen atoms in total. The van der Waals surface area contributed by atoms with Crippen LogP contribution >= 0.6 is 15.9 Å². The van der Waals surface area contributed by atoms with Crippen LogP contribution in [0, 0.1) is 0 Å². The Balaban J connectivity index is 4.00. The van der Waals surface area contributed by atoms with E-state index in [0.717, 1.165) is 0 Å². The van der Waals surface area contributed by atoms with Crippen LogP contribution in [0.25, 0.3) is 0 Å². The van der Waals surface area contributed by atoms with Crippen LogP contribution < -0.4 is 0 Å². The minimum atomic E-state index is 1.20. The highest BCUT2D eigenvalue weighted by molar-refractivity contribution is 9.11. The third kappa shape index (κ3) is 3.08. The summed E-state index contributed by atoms with van der Waals surface area (Å²) < 4.78 is 1.20. The van der Waals surface area contributed by atoms with Crippen molar-refractivity contribution in [3.63, 3.8) is 0 Å². The summed E-state index contributed by atoms with van der Waals surface area (Å²) >= 11 is 3.37. The molecule has 0 saturated carbocycles. The number of halogens is 1. The minimum Gasteiger partial charge on any atom is -0.0882 e. The van der Waals surface area contributed by atoms with E-state index in [2.05, 4.69) is 29.9 Å². The summed E-state index contributed by atoms with van der Waals surface area (Å²) in [4.78, 5) is 0. The minimum absolute atomic E-state index is 1.20. The number of rotatable bonds is 1. The molecule has 0 spiro atoms. The third-order valence-corrected chi connectivity index (χ3v) is 1.59. The first-order valence-corrected chi connectivity index (χ1v) is 3.43. The van der Waals surface area contributed by atoms with Crippen LogP contribution in [-0.4, -0.2) is 7.85 Å². The van der Waals surface area contributed by atoms with Gasteiger partial charge in [0.15, 0.2) is 0 Å². The predicted octanol–water partition coefficient (Wildman–Crippen LogP) is 1.82. The summed E-state index contributed by atoms with van der Waals surface area (Å²) in [5, 5.41) is 0. The topological polar surface area (TPSA) is 0 Å². The van der Waals surface area contributed by atoms with Gasteiger partial charge in [-0.2, -0.15) is 0 Å². The highest BCUT2D eigenvalue weighted by Crippen LogP contribution is 2.07. The van der Waals surface area contributed by atoms with Crippen molar-refractivity contribution in [3.05, 3.63) is 22.1 Å². The van der Waals surface area contributed by atoms with E-state index in [1.54, 1.807) is 0 Å². The van der Waals surface area contributed by atoms with E-state index in [1.807, 2.05) is 19.9 Å². The summed E-state index contributed by atoms with van der Waals surface area (Å²) in [6.07, 6.45) is 4.10. The van der Waals surface area contributed by atoms with Crippen LogP contribution in [0.4, 0.5) is 0 Å². The van der Waals surface area contributed by atoms with Gasteiger partial charge in [-0.25, -0.2) is 0 Å². The molecular weight excluding hydrogens is 163 g/mol. The molecule has 0 aliphatic rings. The fourth-order valence-electron chi connectivity index (χ4n) is 0.365. The molecule has 0 radical (unpaired) electrons. The lowest BCUT2D eigenvalue weighted by Crippen LogP contribution is -1.74. The van der Waals surface area contributed by atoms with E-state index in [1.165, 1.54) is 9.95 Å². The molecule has 44 valence electrons. The summed E-state index contributed by atoms with van der Waals surface area (Å²) in [5.41, 5.74) is 1.28. The first-order valence-electron chi connectivity index (χ1n) is 2.64. The van der Waals surface area contributed by atoms with Crippen LogP contribution in [0.3, 0.4) is 0 Å². The fraction of sp³-hybridized carbons (Fsp3) is 0.333. The molecule has 8 heavy (non-hydrogen) atoms. The average molecular weight is 173 g/mol. The van der Waals surface area contributed by atoms with E-state index < -0.39 is 0 Å². The standard InChI is InChI=1S/C6H10BBr/c1-3-4-6(7)5(2)8/h3-4H,7H2,1-2H3/b4-3-,6-5-. The van der Waals surface area contributed by atoms with Crippen molar-refractivity contribution in [1.29, 1.82) is 0 Å². The average Bonchev–Trinajstić information content (AvgIpc) is 1.67. The molecule has 0 atom stereocenters. The zero-order chi connectivity index (χ0) is 6.57. The van der Waals surface area contributed by atoms with Gasteiger partial charge in [-0.15, -0.1) is 0 Å². The molecule has 0 rings (SSSR count). The molecule has 0 aliphatic heterocycles. The normalized spacial score (nSPS) is 14.4. The van der Waals surface area contributed by atoms with Crippen LogP contribution in [-0.2, 0) is 0 Å². The molecule has 0 fully saturated rings. The van der Waals surface area contributed by atoms with Gasteiger partial charge in [0.25, 0.3) is 0 Å². The van der Waals surface area contributed by atoms with Gasteiger partial charge in [0, 0.05) is 0 Å². The predicted molar refractivity (Wildman–Crippen MR) is 45.0 cm³/mol. The smallest absolute Gasteiger partial charge is 0.0882 e. The van der Waals surface area contributed by atoms with Crippen molar-refractivity contribution in [3.8, 4) is 0 Å². The molecule has 0 saturated heterocycles. The van der Waals surface area contributed by atoms with Crippen molar-refractivity contribution in [2.45, 2.75) is 13.8 Å². The summed E-state index contributed by atoms with van der Waals surface area (Å²) in [6, 6.07) is 0. The quantitative estimate of drug-likeness (QED) is 0.419. The highest BCUT2D eigenvalue weighted by Gasteiger charge is 1.83. The Bertz CT molecular complexity index is 120. The number of hydrogen-bond acceptors (Lipinski definition) is 0. The van der Waals surface area contributed by atoms with Gasteiger partial charge in [-0.05, 0) is 18.3 Å². The van der Waals surface area contributed by atoms with Crippen molar-refractivity contribution < 1.29 is 0 Å². The molecule has 0 aromatic heterocycles. The molecule has 0 N–H and O–H groups in total. The Hall–Kier alpha value is 0.0249. The zero-order valence-corrected chi connectivity index (χ0v) is 7.12. The highest BCUT2D eigenvalue weighted by atomic mass is 79.9. The lowest BCUT2D eigenvalue weighted by Gasteiger charge is -1.89. The second-order valence-electron chi connectivity index (χ2n) is 1.72. The molecule has 0 aliphatic carbocycles. The van der Waals surface area contributed by atoms with E-state index in [9.17, 15) is 0 Å². The SMILES string of the molecule is BC(/C=C\C)=C(/C)Br. The first-order chi connectivity index (χ1) is 3.68. The van der Waals surface area contributed by atoms with Gasteiger partial charge in [0.2, 0.25) is 0 Å². The van der Waals surface area contributed by atoms with Crippen LogP contribution in [0.5, 0.6) is 0 Å². The van der Waals surface area contributed by atoms with Gasteiger partial charge < -0.3 is 0 Å². The van der Waals surface area contributed by atoms with Crippen molar-refractivity contribution in [2.75, 3.05) is 0 Å². The number of allylic oxidation sites excluding steroid dienone is 4. The molecule has 0 bridgehead atoms. The lowest BCUT2D eigenvalue weighted by molar-refractivity contribution is 1.63. The van der Waals surface area contributed by atoms with Crippen LogP contribution in [0.2, 0.25) is 0 Å².